The predicted octanol–water partition coefficient (Wildman–Crippen LogP) is 3.69. The summed E-state index contributed by atoms with van der Waals surface area (Å²) in [7, 11) is 0. The number of nitrogens with one attached hydrogen (secondary N) is 1. The molecule has 0 saturated heterocycles. The number of aliphatic carboxylic acids is 1. The monoisotopic (exact) mass is 506 g/mol. The van der Waals surface area contributed by atoms with Crippen molar-refractivity contribution < 1.29 is 38.7 Å². The Bertz CT molecular complexity index is 1370. The van der Waals surface area contributed by atoms with Crippen LogP contribution >= 0.6 is 0 Å². The summed E-state index contributed by atoms with van der Waals surface area (Å²) in [4.78, 5) is 61.1. The molecule has 11 nitrogen and oxygen atoms in total. The van der Waals surface area contributed by atoms with Crippen molar-refractivity contribution in [2.75, 3.05) is 5.32 Å². The average molecular weight is 506 g/mol. The van der Waals surface area contributed by atoms with E-state index >= 15 is 0 Å². The van der Waals surface area contributed by atoms with Crippen LogP contribution < -0.4 is 5.32 Å². The van der Waals surface area contributed by atoms with Crippen LogP contribution in [0.25, 0.3) is 0 Å². The number of non-ortho nitro benzene ring substituents is 1. The minimum absolute atomic E-state index is 0.0223. The third kappa shape index (κ3) is 6.98. The molecule has 0 fully saturated rings. The van der Waals surface area contributed by atoms with Gasteiger partial charge in [-0.15, -0.1) is 0 Å². The Morgan fingerprint density at radius 3 is 1.81 bits per heavy atom. The summed E-state index contributed by atoms with van der Waals surface area (Å²) in [6.45, 7) is 3.43. The number of carbonyl (C=O) groups is 4. The largest absolute Gasteiger partial charge is 0.478 e. The molecule has 2 N–H and O–H groups in total. The summed E-state index contributed by atoms with van der Waals surface area (Å²) >= 11 is 0. The number of nitrogens with zero attached hydrogens (tertiary/aromatic N) is 1. The van der Waals surface area contributed by atoms with Crippen molar-refractivity contribution in [2.24, 2.45) is 0 Å². The zero-order chi connectivity index (χ0) is 27.1. The minimum Gasteiger partial charge on any atom is -0.478 e. The fourth-order valence-corrected chi connectivity index (χ4v) is 3.32. The molecule has 0 bridgehead atoms. The molecule has 3 rings (SSSR count). The lowest BCUT2D eigenvalue weighted by molar-refractivity contribution is -0.384. The summed E-state index contributed by atoms with van der Waals surface area (Å²) in [5, 5.41) is 23.2. The van der Waals surface area contributed by atoms with Gasteiger partial charge in [0.25, 0.3) is 11.6 Å². The first-order chi connectivity index (χ1) is 17.5. The molecule has 37 heavy (non-hydrogen) atoms. The average Bonchev–Trinajstić information content (AvgIpc) is 2.85. The molecule has 3 aromatic carbocycles. The number of amides is 1. The molecule has 190 valence electrons. The molecule has 3 aromatic rings. The standard InChI is InChI=1S/C26H22N2O9/c1-15-6-3-8-17(12-15)25(32)36-21(23(29)27-19-10-5-11-20(14-19)28(34)35)22(24(30)31)37-26(33)18-9-4-7-16(2)13-18/h3-14,21-22H,1-2H3,(H,27,29)(H,30,31)/t21-,22-/m0/s1. The summed E-state index contributed by atoms with van der Waals surface area (Å²) in [5.74, 6) is -5.03. The molecule has 1 amide bonds. The van der Waals surface area contributed by atoms with Gasteiger partial charge in [0.05, 0.1) is 16.1 Å². The number of nitro groups is 1. The smallest absolute Gasteiger partial charge is 0.349 e. The van der Waals surface area contributed by atoms with Gasteiger partial charge in [-0.2, -0.15) is 0 Å². The molecular formula is C26H22N2O9. The Morgan fingerprint density at radius 2 is 1.32 bits per heavy atom. The normalized spacial score (nSPS) is 12.1. The number of anilines is 1. The van der Waals surface area contributed by atoms with E-state index in [1.54, 1.807) is 38.1 Å². The lowest BCUT2D eigenvalue weighted by atomic mass is 10.1. The first kappa shape index (κ1) is 26.5. The van der Waals surface area contributed by atoms with E-state index in [1.807, 2.05) is 0 Å². The first-order valence-corrected chi connectivity index (χ1v) is 10.9. The van der Waals surface area contributed by atoms with Gasteiger partial charge >= 0.3 is 17.9 Å². The SMILES string of the molecule is Cc1cccc(C(=O)O[C@H](C(=O)O)[C@H](OC(=O)c2cccc(C)c2)C(=O)Nc2cccc([N+](=O)[O-])c2)c1. The topological polar surface area (TPSA) is 162 Å². The highest BCUT2D eigenvalue weighted by molar-refractivity contribution is 6.01. The highest BCUT2D eigenvalue weighted by atomic mass is 16.6. The van der Waals surface area contributed by atoms with E-state index in [0.717, 1.165) is 6.07 Å². The van der Waals surface area contributed by atoms with Crippen LogP contribution in [0.4, 0.5) is 11.4 Å². The van der Waals surface area contributed by atoms with Gasteiger partial charge in [0, 0.05) is 17.8 Å². The van der Waals surface area contributed by atoms with Crippen LogP contribution in [-0.4, -0.2) is 46.1 Å². The number of hydrogen-bond acceptors (Lipinski definition) is 8. The van der Waals surface area contributed by atoms with Crippen molar-refractivity contribution >= 4 is 35.2 Å². The number of esters is 2. The van der Waals surface area contributed by atoms with E-state index < -0.39 is 40.9 Å². The number of carbonyl (C=O) groups excluding carboxylic acids is 3. The zero-order valence-corrected chi connectivity index (χ0v) is 19.7. The third-order valence-electron chi connectivity index (χ3n) is 5.08. The van der Waals surface area contributed by atoms with Crippen LogP contribution in [0.5, 0.6) is 0 Å². The Kier molecular flexibility index (Phi) is 8.31. The number of ether oxygens (including phenoxy) is 2. The summed E-state index contributed by atoms with van der Waals surface area (Å²) in [6, 6.07) is 17.1. The molecule has 0 aromatic heterocycles. The Labute approximate surface area is 210 Å². The zero-order valence-electron chi connectivity index (χ0n) is 19.7. The summed E-state index contributed by atoms with van der Waals surface area (Å²) < 4.78 is 10.4. The van der Waals surface area contributed by atoms with Gasteiger partial charge in [-0.25, -0.2) is 14.4 Å². The highest BCUT2D eigenvalue weighted by Gasteiger charge is 2.41. The summed E-state index contributed by atoms with van der Waals surface area (Å²) in [5.41, 5.74) is 1.05. The van der Waals surface area contributed by atoms with Gasteiger partial charge in [-0.1, -0.05) is 41.5 Å². The maximum absolute atomic E-state index is 13.1. The highest BCUT2D eigenvalue weighted by Crippen LogP contribution is 2.20. The number of benzene rings is 3. The van der Waals surface area contributed by atoms with Gasteiger partial charge in [0.15, 0.2) is 0 Å². The molecular weight excluding hydrogens is 484 g/mol. The number of carboxylic acids is 1. The molecule has 0 saturated carbocycles. The maximum Gasteiger partial charge on any atom is 0.349 e. The van der Waals surface area contributed by atoms with E-state index in [1.165, 1.54) is 42.5 Å². The van der Waals surface area contributed by atoms with Crippen LogP contribution in [0.1, 0.15) is 31.8 Å². The lowest BCUT2D eigenvalue weighted by Gasteiger charge is -2.23. The van der Waals surface area contributed by atoms with E-state index in [2.05, 4.69) is 5.32 Å². The van der Waals surface area contributed by atoms with Gasteiger partial charge in [0.1, 0.15) is 0 Å². The number of rotatable bonds is 9. The molecule has 0 aliphatic heterocycles. The van der Waals surface area contributed by atoms with Crippen molar-refractivity contribution in [1.82, 2.24) is 0 Å². The van der Waals surface area contributed by atoms with Crippen LogP contribution in [-0.2, 0) is 19.1 Å². The van der Waals surface area contributed by atoms with Gasteiger partial charge in [0.2, 0.25) is 12.2 Å². The first-order valence-electron chi connectivity index (χ1n) is 10.9. The van der Waals surface area contributed by atoms with Crippen molar-refractivity contribution in [3.63, 3.8) is 0 Å². The number of carboxylic acid groups (broad SMARTS) is 1. The van der Waals surface area contributed by atoms with Crippen LogP contribution in [0.2, 0.25) is 0 Å². The van der Waals surface area contributed by atoms with Crippen molar-refractivity contribution in [2.45, 2.75) is 26.1 Å². The fourth-order valence-electron chi connectivity index (χ4n) is 3.32. The lowest BCUT2D eigenvalue weighted by Crippen LogP contribution is -2.48. The van der Waals surface area contributed by atoms with E-state index in [-0.39, 0.29) is 22.5 Å². The van der Waals surface area contributed by atoms with Crippen LogP contribution in [0.3, 0.4) is 0 Å². The van der Waals surface area contributed by atoms with Crippen molar-refractivity contribution in [3.05, 3.63) is 105 Å². The fraction of sp³-hybridized carbons (Fsp3) is 0.154. The van der Waals surface area contributed by atoms with Gasteiger partial charge < -0.3 is 19.9 Å². The predicted molar refractivity (Wildman–Crippen MR) is 130 cm³/mol. The number of hydrogen-bond donors (Lipinski definition) is 2. The minimum atomic E-state index is -2.24. The van der Waals surface area contributed by atoms with Gasteiger partial charge in [-0.3, -0.25) is 14.9 Å². The molecule has 2 atom stereocenters. The van der Waals surface area contributed by atoms with Crippen LogP contribution in [0.15, 0.2) is 72.8 Å². The van der Waals surface area contributed by atoms with Crippen molar-refractivity contribution in [3.8, 4) is 0 Å². The van der Waals surface area contributed by atoms with E-state index in [4.69, 9.17) is 9.47 Å². The summed E-state index contributed by atoms with van der Waals surface area (Å²) in [6.07, 6.45) is -4.38. The number of aryl methyl sites for hydroxylation is 2. The second kappa shape index (κ2) is 11.6. The molecule has 0 radical (unpaired) electrons. The molecule has 11 heteroatoms. The second-order valence-corrected chi connectivity index (χ2v) is 8.03. The Morgan fingerprint density at radius 1 is 0.811 bits per heavy atom. The third-order valence-corrected chi connectivity index (χ3v) is 5.08. The van der Waals surface area contributed by atoms with Gasteiger partial charge in [-0.05, 0) is 44.2 Å². The Hall–Kier alpha value is -5.06. The molecule has 0 spiro atoms. The second-order valence-electron chi connectivity index (χ2n) is 8.03. The van der Waals surface area contributed by atoms with Crippen LogP contribution in [0, 0.1) is 24.0 Å². The quantitative estimate of drug-likeness (QED) is 0.250. The molecule has 0 aliphatic rings. The van der Waals surface area contributed by atoms with E-state index in [0.29, 0.717) is 11.1 Å². The Balaban J connectivity index is 1.94. The molecule has 0 unspecified atom stereocenters. The maximum atomic E-state index is 13.1. The molecule has 0 aliphatic carbocycles. The molecule has 0 heterocycles. The van der Waals surface area contributed by atoms with E-state index in [9.17, 15) is 34.4 Å². The van der Waals surface area contributed by atoms with Crippen molar-refractivity contribution in [1.29, 1.82) is 0 Å². The number of nitro benzene ring substituents is 1.